The number of furan rings is 1. The molecular weight excluding hydrogens is 301 g/mol. The molecule has 2 rings (SSSR count). The molecule has 1 unspecified atom stereocenters. The molecule has 1 aromatic carbocycles. The van der Waals surface area contributed by atoms with Crippen molar-refractivity contribution in [2.24, 2.45) is 0 Å². The van der Waals surface area contributed by atoms with Crippen LogP contribution in [-0.4, -0.2) is 17.6 Å². The average Bonchev–Trinajstić information content (AvgIpc) is 2.95. The van der Waals surface area contributed by atoms with Crippen molar-refractivity contribution in [3.63, 3.8) is 0 Å². The molecule has 6 heteroatoms. The van der Waals surface area contributed by atoms with Gasteiger partial charge in [-0.3, -0.25) is 4.79 Å². The lowest BCUT2D eigenvalue weighted by Gasteiger charge is -2.10. The van der Waals surface area contributed by atoms with Crippen molar-refractivity contribution in [1.29, 1.82) is 0 Å². The number of hydrogen-bond donors (Lipinski definition) is 2. The Morgan fingerprint density at radius 2 is 2.15 bits per heavy atom. The minimum Gasteiger partial charge on any atom is -0.467 e. The molecule has 1 amide bonds. The van der Waals surface area contributed by atoms with Gasteiger partial charge in [0.25, 0.3) is 5.91 Å². The van der Waals surface area contributed by atoms with E-state index < -0.39 is 6.10 Å². The van der Waals surface area contributed by atoms with Gasteiger partial charge in [0, 0.05) is 11.6 Å². The van der Waals surface area contributed by atoms with Crippen LogP contribution in [0, 0.1) is 0 Å². The Balaban J connectivity index is 1.88. The highest BCUT2D eigenvalue weighted by Gasteiger charge is 2.13. The molecule has 2 aromatic rings. The molecule has 4 nitrogen and oxygen atoms in total. The van der Waals surface area contributed by atoms with Gasteiger partial charge in [0.05, 0.1) is 16.8 Å². The van der Waals surface area contributed by atoms with E-state index in [2.05, 4.69) is 5.32 Å². The molecule has 0 fully saturated rings. The Morgan fingerprint density at radius 3 is 2.85 bits per heavy atom. The van der Waals surface area contributed by atoms with Gasteiger partial charge in [-0.05, 0) is 36.8 Å². The van der Waals surface area contributed by atoms with E-state index in [0.29, 0.717) is 34.3 Å². The van der Waals surface area contributed by atoms with Crippen molar-refractivity contribution >= 4 is 29.1 Å². The van der Waals surface area contributed by atoms with Crippen LogP contribution in [0.5, 0.6) is 0 Å². The normalized spacial score (nSPS) is 12.2. The minimum atomic E-state index is -0.750. The van der Waals surface area contributed by atoms with Gasteiger partial charge in [-0.2, -0.15) is 0 Å². The van der Waals surface area contributed by atoms with E-state index in [0.717, 1.165) is 0 Å². The molecule has 1 atom stereocenters. The van der Waals surface area contributed by atoms with Crippen LogP contribution >= 0.6 is 23.2 Å². The fourth-order valence-electron chi connectivity index (χ4n) is 1.71. The fraction of sp³-hybridized carbons (Fsp3) is 0.214. The zero-order valence-corrected chi connectivity index (χ0v) is 12.0. The second kappa shape index (κ2) is 6.79. The van der Waals surface area contributed by atoms with Crippen molar-refractivity contribution in [3.8, 4) is 0 Å². The van der Waals surface area contributed by atoms with E-state index in [-0.39, 0.29) is 5.91 Å². The summed E-state index contributed by atoms with van der Waals surface area (Å²) in [4.78, 5) is 11.9. The summed E-state index contributed by atoms with van der Waals surface area (Å²) in [5.74, 6) is 0.143. The first-order chi connectivity index (χ1) is 9.58. The third kappa shape index (κ3) is 3.76. The summed E-state index contributed by atoms with van der Waals surface area (Å²) in [6.07, 6.45) is 1.08. The van der Waals surface area contributed by atoms with Crippen LogP contribution in [0.3, 0.4) is 0 Å². The van der Waals surface area contributed by atoms with E-state index >= 15 is 0 Å². The van der Waals surface area contributed by atoms with Gasteiger partial charge in [0.2, 0.25) is 0 Å². The molecule has 0 spiro atoms. The quantitative estimate of drug-likeness (QED) is 0.888. The number of carbonyl (C=O) groups is 1. The number of rotatable bonds is 5. The summed E-state index contributed by atoms with van der Waals surface area (Å²) in [5, 5.41) is 13.2. The molecule has 0 bridgehead atoms. The van der Waals surface area contributed by atoms with Gasteiger partial charge < -0.3 is 14.8 Å². The van der Waals surface area contributed by atoms with Crippen molar-refractivity contribution in [1.82, 2.24) is 5.32 Å². The summed E-state index contributed by atoms with van der Waals surface area (Å²) in [6, 6.07) is 8.06. The zero-order valence-electron chi connectivity index (χ0n) is 10.5. The molecule has 0 aliphatic carbocycles. The number of nitrogens with one attached hydrogen (secondary N) is 1. The van der Waals surface area contributed by atoms with E-state index in [4.69, 9.17) is 27.6 Å². The standard InChI is InChI=1S/C14H13Cl2NO3/c15-9-3-4-11(16)10(8-9)14(19)17-6-5-12(18)13-2-1-7-20-13/h1-4,7-8,12,18H,5-6H2,(H,17,19). The number of aliphatic hydroxyl groups is 1. The first-order valence-electron chi connectivity index (χ1n) is 6.02. The van der Waals surface area contributed by atoms with Crippen LogP contribution in [-0.2, 0) is 0 Å². The number of halogens is 2. The lowest BCUT2D eigenvalue weighted by molar-refractivity contribution is 0.0936. The summed E-state index contributed by atoms with van der Waals surface area (Å²) < 4.78 is 5.07. The Hall–Kier alpha value is -1.49. The van der Waals surface area contributed by atoms with Crippen molar-refractivity contribution in [2.45, 2.75) is 12.5 Å². The van der Waals surface area contributed by atoms with Crippen LogP contribution < -0.4 is 5.32 Å². The zero-order chi connectivity index (χ0) is 14.5. The molecule has 0 saturated carbocycles. The highest BCUT2D eigenvalue weighted by molar-refractivity contribution is 6.35. The molecule has 0 saturated heterocycles. The SMILES string of the molecule is O=C(NCCC(O)c1ccco1)c1cc(Cl)ccc1Cl. The van der Waals surface area contributed by atoms with Crippen LogP contribution in [0.25, 0.3) is 0 Å². The first kappa shape index (κ1) is 14.9. The third-order valence-corrected chi connectivity index (χ3v) is 3.31. The van der Waals surface area contributed by atoms with E-state index in [1.54, 1.807) is 24.3 Å². The Labute approximate surface area is 126 Å². The lowest BCUT2D eigenvalue weighted by atomic mass is 10.2. The predicted octanol–water partition coefficient (Wildman–Crippen LogP) is 3.44. The van der Waals surface area contributed by atoms with Gasteiger partial charge in [-0.15, -0.1) is 0 Å². The molecule has 20 heavy (non-hydrogen) atoms. The third-order valence-electron chi connectivity index (χ3n) is 2.75. The number of amides is 1. The second-order valence-corrected chi connectivity index (χ2v) is 5.04. The predicted molar refractivity (Wildman–Crippen MR) is 77.1 cm³/mol. The van der Waals surface area contributed by atoms with E-state index in [9.17, 15) is 9.90 Å². The average molecular weight is 314 g/mol. The Morgan fingerprint density at radius 1 is 1.35 bits per heavy atom. The monoisotopic (exact) mass is 313 g/mol. The highest BCUT2D eigenvalue weighted by Crippen LogP contribution is 2.21. The number of carbonyl (C=O) groups excluding carboxylic acids is 1. The molecule has 106 valence electrons. The second-order valence-electron chi connectivity index (χ2n) is 4.20. The number of benzene rings is 1. The molecular formula is C14H13Cl2NO3. The number of aliphatic hydroxyl groups excluding tert-OH is 1. The van der Waals surface area contributed by atoms with E-state index in [1.807, 2.05) is 0 Å². The maximum absolute atomic E-state index is 11.9. The van der Waals surface area contributed by atoms with Crippen LogP contribution in [0.2, 0.25) is 10.0 Å². The fourth-order valence-corrected chi connectivity index (χ4v) is 2.09. The molecule has 2 N–H and O–H groups in total. The maximum Gasteiger partial charge on any atom is 0.252 e. The van der Waals surface area contributed by atoms with Gasteiger partial charge >= 0.3 is 0 Å². The lowest BCUT2D eigenvalue weighted by Crippen LogP contribution is -2.25. The van der Waals surface area contributed by atoms with Crippen molar-refractivity contribution < 1.29 is 14.3 Å². The minimum absolute atomic E-state index is 0.295. The molecule has 1 heterocycles. The van der Waals surface area contributed by atoms with Crippen LogP contribution in [0.1, 0.15) is 28.6 Å². The smallest absolute Gasteiger partial charge is 0.252 e. The summed E-state index contributed by atoms with van der Waals surface area (Å²) in [7, 11) is 0. The van der Waals surface area contributed by atoms with Crippen LogP contribution in [0.15, 0.2) is 41.0 Å². The van der Waals surface area contributed by atoms with Gasteiger partial charge in [-0.1, -0.05) is 23.2 Å². The molecule has 0 aliphatic heterocycles. The number of hydrogen-bond acceptors (Lipinski definition) is 3. The summed E-state index contributed by atoms with van der Waals surface area (Å²) in [5.41, 5.74) is 0.312. The topological polar surface area (TPSA) is 62.5 Å². The first-order valence-corrected chi connectivity index (χ1v) is 6.78. The molecule has 1 aromatic heterocycles. The van der Waals surface area contributed by atoms with Gasteiger partial charge in [-0.25, -0.2) is 0 Å². The van der Waals surface area contributed by atoms with Crippen molar-refractivity contribution in [2.75, 3.05) is 6.54 Å². The largest absolute Gasteiger partial charge is 0.467 e. The Bertz CT molecular complexity index is 584. The van der Waals surface area contributed by atoms with Gasteiger partial charge in [0.15, 0.2) is 0 Å². The summed E-state index contributed by atoms with van der Waals surface area (Å²) in [6.45, 7) is 0.295. The summed E-state index contributed by atoms with van der Waals surface area (Å²) >= 11 is 11.8. The van der Waals surface area contributed by atoms with Crippen LogP contribution in [0.4, 0.5) is 0 Å². The molecule has 0 radical (unpaired) electrons. The molecule has 0 aliphatic rings. The highest BCUT2D eigenvalue weighted by atomic mass is 35.5. The van der Waals surface area contributed by atoms with Crippen molar-refractivity contribution in [3.05, 3.63) is 58.0 Å². The van der Waals surface area contributed by atoms with Gasteiger partial charge in [0.1, 0.15) is 11.9 Å². The maximum atomic E-state index is 11.9. The van der Waals surface area contributed by atoms with E-state index in [1.165, 1.54) is 12.3 Å². The Kier molecular flexibility index (Phi) is 5.06.